The van der Waals surface area contributed by atoms with E-state index in [2.05, 4.69) is 4.74 Å². The van der Waals surface area contributed by atoms with E-state index in [0.717, 1.165) is 0 Å². The second-order valence-electron chi connectivity index (χ2n) is 2.73. The fourth-order valence-corrected chi connectivity index (χ4v) is 1.11. The van der Waals surface area contributed by atoms with Gasteiger partial charge in [-0.1, -0.05) is 17.7 Å². The maximum atomic E-state index is 13.2. The van der Waals surface area contributed by atoms with E-state index in [9.17, 15) is 9.18 Å². The van der Waals surface area contributed by atoms with Crippen LogP contribution in [-0.4, -0.2) is 19.7 Å². The van der Waals surface area contributed by atoms with Gasteiger partial charge in [-0.05, 0) is 12.1 Å². The van der Waals surface area contributed by atoms with Gasteiger partial charge >= 0.3 is 5.97 Å². The van der Waals surface area contributed by atoms with Crippen LogP contribution >= 0.6 is 11.6 Å². The van der Waals surface area contributed by atoms with Crippen LogP contribution in [0.1, 0.15) is 6.42 Å². The third kappa shape index (κ3) is 3.40. The molecule has 0 unspecified atom stereocenters. The first kappa shape index (κ1) is 11.8. The summed E-state index contributed by atoms with van der Waals surface area (Å²) in [6.45, 7) is 0.0595. The topological polar surface area (TPSA) is 35.5 Å². The summed E-state index contributed by atoms with van der Waals surface area (Å²) in [4.78, 5) is 10.7. The smallest absolute Gasteiger partial charge is 0.308 e. The van der Waals surface area contributed by atoms with E-state index in [1.54, 1.807) is 6.07 Å². The van der Waals surface area contributed by atoms with E-state index in [0.29, 0.717) is 0 Å². The van der Waals surface area contributed by atoms with Gasteiger partial charge in [-0.25, -0.2) is 4.39 Å². The van der Waals surface area contributed by atoms with Crippen molar-refractivity contribution in [2.75, 3.05) is 13.7 Å². The number of methoxy groups -OCH3 is 1. The van der Waals surface area contributed by atoms with Crippen molar-refractivity contribution in [1.29, 1.82) is 0 Å². The highest BCUT2D eigenvalue weighted by atomic mass is 35.5. The molecule has 0 spiro atoms. The molecule has 0 radical (unpaired) electrons. The number of carbonyl (C=O) groups excluding carboxylic acids is 1. The number of benzene rings is 1. The number of carbonyl (C=O) groups is 1. The number of esters is 1. The molecule has 1 aromatic carbocycles. The van der Waals surface area contributed by atoms with Crippen LogP contribution in [0.15, 0.2) is 18.2 Å². The molecule has 0 aromatic heterocycles. The molecule has 0 saturated heterocycles. The molecule has 0 atom stereocenters. The van der Waals surface area contributed by atoms with Gasteiger partial charge in [0.1, 0.15) is 0 Å². The van der Waals surface area contributed by atoms with Gasteiger partial charge in [-0.3, -0.25) is 4.79 Å². The van der Waals surface area contributed by atoms with Crippen LogP contribution in [0, 0.1) is 5.82 Å². The molecule has 0 aliphatic rings. The molecule has 1 rings (SSSR count). The number of ether oxygens (including phenoxy) is 2. The molecule has 0 aliphatic carbocycles. The van der Waals surface area contributed by atoms with Crippen LogP contribution in [0.4, 0.5) is 4.39 Å². The van der Waals surface area contributed by atoms with Crippen LogP contribution < -0.4 is 4.74 Å². The quantitative estimate of drug-likeness (QED) is 0.748. The van der Waals surface area contributed by atoms with Crippen LogP contribution in [0.25, 0.3) is 0 Å². The van der Waals surface area contributed by atoms with Crippen molar-refractivity contribution >= 4 is 17.6 Å². The fourth-order valence-electron chi connectivity index (χ4n) is 0.942. The maximum Gasteiger partial charge on any atom is 0.308 e. The van der Waals surface area contributed by atoms with E-state index in [1.165, 1.54) is 19.2 Å². The molecule has 5 heteroatoms. The van der Waals surface area contributed by atoms with Crippen LogP contribution in [0.3, 0.4) is 0 Å². The number of halogens is 2. The first-order chi connectivity index (χ1) is 7.15. The summed E-state index contributed by atoms with van der Waals surface area (Å²) in [6, 6.07) is 4.43. The summed E-state index contributed by atoms with van der Waals surface area (Å²) >= 11 is 5.54. The molecule has 0 heterocycles. The van der Waals surface area contributed by atoms with Gasteiger partial charge in [-0.15, -0.1) is 0 Å². The Morgan fingerprint density at radius 3 is 2.93 bits per heavy atom. The highest BCUT2D eigenvalue weighted by molar-refractivity contribution is 6.30. The second kappa shape index (κ2) is 5.56. The van der Waals surface area contributed by atoms with Gasteiger partial charge in [0.25, 0.3) is 0 Å². The first-order valence-corrected chi connectivity index (χ1v) is 4.66. The van der Waals surface area contributed by atoms with Gasteiger partial charge in [0, 0.05) is 0 Å². The summed E-state index contributed by atoms with van der Waals surface area (Å²) < 4.78 is 22.7. The number of rotatable bonds is 4. The van der Waals surface area contributed by atoms with Gasteiger partial charge in [0.05, 0.1) is 25.2 Å². The molecule has 0 amide bonds. The minimum atomic E-state index is -0.621. The van der Waals surface area contributed by atoms with Crippen molar-refractivity contribution in [3.8, 4) is 5.75 Å². The lowest BCUT2D eigenvalue weighted by Crippen LogP contribution is -2.08. The van der Waals surface area contributed by atoms with Gasteiger partial charge in [0.15, 0.2) is 11.6 Å². The van der Waals surface area contributed by atoms with Gasteiger partial charge < -0.3 is 9.47 Å². The summed E-state index contributed by atoms with van der Waals surface area (Å²) in [5, 5.41) is -0.00873. The lowest BCUT2D eigenvalue weighted by Gasteiger charge is -2.06. The zero-order valence-electron chi connectivity index (χ0n) is 8.13. The van der Waals surface area contributed by atoms with Crippen molar-refractivity contribution < 1.29 is 18.7 Å². The molecular formula is C10H10ClFO3. The molecule has 0 saturated carbocycles. The van der Waals surface area contributed by atoms with Crippen molar-refractivity contribution in [2.45, 2.75) is 6.42 Å². The Morgan fingerprint density at radius 1 is 1.53 bits per heavy atom. The van der Waals surface area contributed by atoms with E-state index in [-0.39, 0.29) is 23.8 Å². The monoisotopic (exact) mass is 232 g/mol. The van der Waals surface area contributed by atoms with Gasteiger partial charge in [0.2, 0.25) is 0 Å². The molecule has 0 N–H and O–H groups in total. The molecule has 3 nitrogen and oxygen atoms in total. The van der Waals surface area contributed by atoms with Crippen molar-refractivity contribution in [1.82, 2.24) is 0 Å². The molecule has 0 fully saturated rings. The summed E-state index contributed by atoms with van der Waals surface area (Å²) in [7, 11) is 1.28. The summed E-state index contributed by atoms with van der Waals surface area (Å²) in [6.07, 6.45) is 0.0719. The second-order valence-corrected chi connectivity index (χ2v) is 3.13. The molecule has 1 aromatic rings. The Morgan fingerprint density at radius 2 is 2.27 bits per heavy atom. The predicted octanol–water partition coefficient (Wildman–Crippen LogP) is 2.42. The zero-order chi connectivity index (χ0) is 11.3. The van der Waals surface area contributed by atoms with E-state index in [1.807, 2.05) is 0 Å². The SMILES string of the molecule is COC(=O)CCOc1cccc(Cl)c1F. The molecule has 0 bridgehead atoms. The Hall–Kier alpha value is -1.29. The molecule has 82 valence electrons. The Kier molecular flexibility index (Phi) is 4.37. The van der Waals surface area contributed by atoms with Crippen LogP contribution in [-0.2, 0) is 9.53 Å². The largest absolute Gasteiger partial charge is 0.490 e. The van der Waals surface area contributed by atoms with Crippen molar-refractivity contribution in [2.24, 2.45) is 0 Å². The average Bonchev–Trinajstić information content (AvgIpc) is 2.24. The fraction of sp³-hybridized carbons (Fsp3) is 0.300. The Balaban J connectivity index is 2.51. The standard InChI is InChI=1S/C10H10ClFO3/c1-14-9(13)5-6-15-8-4-2-3-7(11)10(8)12/h2-4H,5-6H2,1H3. The lowest BCUT2D eigenvalue weighted by molar-refractivity contribution is -0.141. The highest BCUT2D eigenvalue weighted by Crippen LogP contribution is 2.23. The first-order valence-electron chi connectivity index (χ1n) is 4.28. The Bertz CT molecular complexity index is 355. The lowest BCUT2D eigenvalue weighted by atomic mass is 10.3. The van der Waals surface area contributed by atoms with E-state index in [4.69, 9.17) is 16.3 Å². The molecular weight excluding hydrogens is 223 g/mol. The van der Waals surface area contributed by atoms with E-state index < -0.39 is 11.8 Å². The van der Waals surface area contributed by atoms with Crippen molar-refractivity contribution in [3.63, 3.8) is 0 Å². The maximum absolute atomic E-state index is 13.2. The van der Waals surface area contributed by atoms with Crippen molar-refractivity contribution in [3.05, 3.63) is 29.0 Å². The third-order valence-corrected chi connectivity index (χ3v) is 2.00. The van der Waals surface area contributed by atoms with Crippen LogP contribution in [0.2, 0.25) is 5.02 Å². The van der Waals surface area contributed by atoms with Crippen LogP contribution in [0.5, 0.6) is 5.75 Å². The minimum Gasteiger partial charge on any atom is -0.490 e. The summed E-state index contributed by atoms with van der Waals surface area (Å²) in [5.41, 5.74) is 0. The zero-order valence-corrected chi connectivity index (χ0v) is 8.88. The number of hydrogen-bond donors (Lipinski definition) is 0. The highest BCUT2D eigenvalue weighted by Gasteiger charge is 2.08. The molecule has 15 heavy (non-hydrogen) atoms. The minimum absolute atomic E-state index is 0.00873. The molecule has 0 aliphatic heterocycles. The number of hydrogen-bond acceptors (Lipinski definition) is 3. The predicted molar refractivity (Wildman–Crippen MR) is 53.5 cm³/mol. The Labute approximate surface area is 91.7 Å². The normalized spacial score (nSPS) is 9.80. The van der Waals surface area contributed by atoms with E-state index >= 15 is 0 Å². The average molecular weight is 233 g/mol. The van der Waals surface area contributed by atoms with Gasteiger partial charge in [-0.2, -0.15) is 0 Å². The summed E-state index contributed by atoms with van der Waals surface area (Å²) in [5.74, 6) is -0.993. The third-order valence-electron chi connectivity index (χ3n) is 1.71.